The summed E-state index contributed by atoms with van der Waals surface area (Å²) in [5.74, 6) is 0. The fraction of sp³-hybridized carbons (Fsp3) is 0.500. The van der Waals surface area contributed by atoms with Crippen molar-refractivity contribution < 1.29 is 0 Å². The highest BCUT2D eigenvalue weighted by Gasteiger charge is 2.44. The van der Waals surface area contributed by atoms with E-state index >= 15 is 0 Å². The molecule has 1 aliphatic carbocycles. The van der Waals surface area contributed by atoms with Crippen molar-refractivity contribution in [1.29, 1.82) is 0 Å². The molecule has 1 spiro atoms. The van der Waals surface area contributed by atoms with Gasteiger partial charge in [0.15, 0.2) is 0 Å². The zero-order valence-corrected chi connectivity index (χ0v) is 11.0. The summed E-state index contributed by atoms with van der Waals surface area (Å²) in [5, 5.41) is 1.45. The summed E-state index contributed by atoms with van der Waals surface area (Å²) in [6.07, 6.45) is 6.59. The van der Waals surface area contributed by atoms with Crippen LogP contribution in [-0.2, 0) is 12.0 Å². The van der Waals surface area contributed by atoms with E-state index in [9.17, 15) is 0 Å². The second-order valence-electron chi connectivity index (χ2n) is 5.93. The zero-order chi connectivity index (χ0) is 12.2. The largest absolute Gasteiger partial charge is 0.357 e. The van der Waals surface area contributed by atoms with Crippen molar-refractivity contribution >= 4 is 10.9 Å². The molecule has 1 aromatic carbocycles. The number of aromatic nitrogens is 1. The maximum Gasteiger partial charge on any atom is 0.0612 e. The van der Waals surface area contributed by atoms with E-state index in [1.807, 2.05) is 0 Å². The molecule has 94 valence electrons. The molecule has 1 aliphatic heterocycles. The van der Waals surface area contributed by atoms with Gasteiger partial charge in [-0.25, -0.2) is 0 Å². The fourth-order valence-electron chi connectivity index (χ4n) is 4.13. The minimum absolute atomic E-state index is 0.312. The molecule has 2 heterocycles. The Morgan fingerprint density at radius 2 is 1.94 bits per heavy atom. The lowest BCUT2D eigenvalue weighted by Crippen LogP contribution is -2.46. The summed E-state index contributed by atoms with van der Waals surface area (Å²) in [6, 6.07) is 8.79. The summed E-state index contributed by atoms with van der Waals surface area (Å²) in [7, 11) is 2.31. The standard InChI is InChI=1S/C16H20N2/c1-18-11-8-13-12-6-2-3-7-14(12)17-15(13)16(18)9-4-5-10-16/h2-3,6-7,17H,4-5,8-11H2,1H3. The number of H-pyrrole nitrogens is 1. The van der Waals surface area contributed by atoms with Crippen molar-refractivity contribution in [2.75, 3.05) is 13.6 Å². The highest BCUT2D eigenvalue weighted by molar-refractivity contribution is 5.85. The van der Waals surface area contributed by atoms with Crippen molar-refractivity contribution in [3.05, 3.63) is 35.5 Å². The van der Waals surface area contributed by atoms with Crippen LogP contribution in [0.4, 0.5) is 0 Å². The molecule has 1 saturated carbocycles. The Balaban J connectivity index is 1.99. The number of rotatable bonds is 0. The first kappa shape index (κ1) is 10.6. The molecule has 1 N–H and O–H groups in total. The number of fused-ring (bicyclic) bond motifs is 4. The molecule has 2 aromatic rings. The van der Waals surface area contributed by atoms with Crippen LogP contribution in [0.3, 0.4) is 0 Å². The lowest BCUT2D eigenvalue weighted by Gasteiger charge is -2.42. The highest BCUT2D eigenvalue weighted by atomic mass is 15.2. The third-order valence-corrected chi connectivity index (χ3v) is 5.14. The summed E-state index contributed by atoms with van der Waals surface area (Å²) < 4.78 is 0. The van der Waals surface area contributed by atoms with Crippen molar-refractivity contribution in [3.63, 3.8) is 0 Å². The number of benzene rings is 1. The van der Waals surface area contributed by atoms with Crippen LogP contribution < -0.4 is 0 Å². The van der Waals surface area contributed by atoms with Gasteiger partial charge in [0.2, 0.25) is 0 Å². The molecular formula is C16H20N2. The predicted molar refractivity (Wildman–Crippen MR) is 74.8 cm³/mol. The number of para-hydroxylation sites is 1. The van der Waals surface area contributed by atoms with Crippen LogP contribution >= 0.6 is 0 Å². The van der Waals surface area contributed by atoms with Crippen LogP contribution in [-0.4, -0.2) is 23.5 Å². The maximum absolute atomic E-state index is 3.74. The van der Waals surface area contributed by atoms with Gasteiger partial charge in [-0.3, -0.25) is 4.90 Å². The van der Waals surface area contributed by atoms with E-state index in [2.05, 4.69) is 41.2 Å². The summed E-state index contributed by atoms with van der Waals surface area (Å²) in [4.78, 5) is 6.33. The first-order valence-corrected chi connectivity index (χ1v) is 7.13. The molecule has 18 heavy (non-hydrogen) atoms. The van der Waals surface area contributed by atoms with E-state index in [4.69, 9.17) is 0 Å². The van der Waals surface area contributed by atoms with Gasteiger partial charge in [0.1, 0.15) is 0 Å². The lowest BCUT2D eigenvalue weighted by atomic mass is 9.84. The van der Waals surface area contributed by atoms with Gasteiger partial charge < -0.3 is 4.98 Å². The second kappa shape index (κ2) is 3.61. The van der Waals surface area contributed by atoms with E-state index in [0.29, 0.717) is 5.54 Å². The highest BCUT2D eigenvalue weighted by Crippen LogP contribution is 2.47. The number of nitrogens with one attached hydrogen (secondary N) is 1. The van der Waals surface area contributed by atoms with Crippen molar-refractivity contribution in [1.82, 2.24) is 9.88 Å². The molecule has 4 rings (SSSR count). The Morgan fingerprint density at radius 1 is 1.17 bits per heavy atom. The van der Waals surface area contributed by atoms with Crippen molar-refractivity contribution in [3.8, 4) is 0 Å². The first-order chi connectivity index (χ1) is 8.81. The van der Waals surface area contributed by atoms with Crippen LogP contribution in [0.25, 0.3) is 10.9 Å². The Morgan fingerprint density at radius 3 is 2.78 bits per heavy atom. The molecule has 0 radical (unpaired) electrons. The van der Waals surface area contributed by atoms with Gasteiger partial charge in [-0.1, -0.05) is 31.0 Å². The molecule has 0 saturated heterocycles. The van der Waals surface area contributed by atoms with Crippen LogP contribution in [0.15, 0.2) is 24.3 Å². The molecule has 0 atom stereocenters. The number of likely N-dealkylation sites (N-methyl/N-ethyl adjacent to an activating group) is 1. The Hall–Kier alpha value is -1.28. The Bertz CT molecular complexity index is 590. The van der Waals surface area contributed by atoms with Gasteiger partial charge in [-0.05, 0) is 37.9 Å². The lowest BCUT2D eigenvalue weighted by molar-refractivity contribution is 0.107. The molecule has 2 nitrogen and oxygen atoms in total. The summed E-state index contributed by atoms with van der Waals surface area (Å²) in [5.41, 5.74) is 4.75. The molecule has 1 aromatic heterocycles. The van der Waals surface area contributed by atoms with Crippen LogP contribution in [0, 0.1) is 0 Å². The monoisotopic (exact) mass is 240 g/mol. The van der Waals surface area contributed by atoms with E-state index < -0.39 is 0 Å². The first-order valence-electron chi connectivity index (χ1n) is 7.13. The smallest absolute Gasteiger partial charge is 0.0612 e. The second-order valence-corrected chi connectivity index (χ2v) is 5.93. The molecule has 0 amide bonds. The van der Waals surface area contributed by atoms with Gasteiger partial charge in [0.05, 0.1) is 5.54 Å². The normalized spacial score (nSPS) is 22.7. The van der Waals surface area contributed by atoms with E-state index in [1.165, 1.54) is 55.2 Å². The molecule has 0 bridgehead atoms. The van der Waals surface area contributed by atoms with Gasteiger partial charge in [-0.15, -0.1) is 0 Å². The SMILES string of the molecule is CN1CCc2c([nH]c3ccccc23)C12CCCC2. The van der Waals surface area contributed by atoms with Crippen LogP contribution in [0.1, 0.15) is 36.9 Å². The van der Waals surface area contributed by atoms with Gasteiger partial charge in [-0.2, -0.15) is 0 Å². The van der Waals surface area contributed by atoms with Crippen LogP contribution in [0.5, 0.6) is 0 Å². The van der Waals surface area contributed by atoms with Gasteiger partial charge >= 0.3 is 0 Å². The number of nitrogens with zero attached hydrogens (tertiary/aromatic N) is 1. The predicted octanol–water partition coefficient (Wildman–Crippen LogP) is 3.43. The fourth-order valence-corrected chi connectivity index (χ4v) is 4.13. The molecule has 2 heteroatoms. The average molecular weight is 240 g/mol. The Labute approximate surface area is 108 Å². The minimum atomic E-state index is 0.312. The minimum Gasteiger partial charge on any atom is -0.357 e. The molecule has 2 aliphatic rings. The van der Waals surface area contributed by atoms with E-state index in [1.54, 1.807) is 5.56 Å². The van der Waals surface area contributed by atoms with Crippen molar-refractivity contribution in [2.45, 2.75) is 37.6 Å². The van der Waals surface area contributed by atoms with E-state index in [0.717, 1.165) is 0 Å². The third-order valence-electron chi connectivity index (χ3n) is 5.14. The van der Waals surface area contributed by atoms with E-state index in [-0.39, 0.29) is 0 Å². The molecular weight excluding hydrogens is 220 g/mol. The van der Waals surface area contributed by atoms with Gasteiger partial charge in [0.25, 0.3) is 0 Å². The summed E-state index contributed by atoms with van der Waals surface area (Å²) in [6.45, 7) is 1.20. The number of hydrogen-bond donors (Lipinski definition) is 1. The number of hydrogen-bond acceptors (Lipinski definition) is 1. The quantitative estimate of drug-likeness (QED) is 0.747. The van der Waals surface area contributed by atoms with Crippen LogP contribution in [0.2, 0.25) is 0 Å². The third kappa shape index (κ3) is 1.22. The number of aromatic amines is 1. The van der Waals surface area contributed by atoms with Crippen molar-refractivity contribution in [2.24, 2.45) is 0 Å². The molecule has 1 fully saturated rings. The Kier molecular flexibility index (Phi) is 2.13. The van der Waals surface area contributed by atoms with Gasteiger partial charge in [0, 0.05) is 23.1 Å². The topological polar surface area (TPSA) is 19.0 Å². The molecule has 0 unspecified atom stereocenters. The average Bonchev–Trinajstić information content (AvgIpc) is 3.01. The zero-order valence-electron chi connectivity index (χ0n) is 11.0. The maximum atomic E-state index is 3.74. The summed E-state index contributed by atoms with van der Waals surface area (Å²) >= 11 is 0.